The van der Waals surface area contributed by atoms with Crippen LogP contribution in [0.4, 0.5) is 0 Å². The van der Waals surface area contributed by atoms with Crippen molar-refractivity contribution in [2.75, 3.05) is 6.54 Å². The van der Waals surface area contributed by atoms with E-state index in [1.807, 2.05) is 0 Å². The van der Waals surface area contributed by atoms with Crippen LogP contribution in [0.2, 0.25) is 0 Å². The highest BCUT2D eigenvalue weighted by Crippen LogP contribution is 2.69. The smallest absolute Gasteiger partial charge is 0.302 e. The van der Waals surface area contributed by atoms with Gasteiger partial charge < -0.3 is 9.47 Å². The number of imide groups is 1. The highest BCUT2D eigenvalue weighted by atomic mass is 16.5. The number of ether oxygens (including phenoxy) is 2. The Labute approximate surface area is 234 Å². The van der Waals surface area contributed by atoms with Gasteiger partial charge >= 0.3 is 5.97 Å². The maximum Gasteiger partial charge on any atom is 0.302 e. The number of amides is 2. The van der Waals surface area contributed by atoms with Crippen molar-refractivity contribution < 1.29 is 23.9 Å². The molecule has 3 fully saturated rings. The van der Waals surface area contributed by atoms with Crippen LogP contribution in [0, 0.1) is 40.4 Å². The van der Waals surface area contributed by atoms with Crippen LogP contribution >= 0.6 is 0 Å². The average molecular weight is 540 g/mol. The first-order chi connectivity index (χ1) is 18.3. The minimum absolute atomic E-state index is 0.0494. The fraction of sp³-hybridized carbons (Fsp3) is 0.788. The number of allylic oxidation sites excluding steroid dienone is 2. The normalized spacial score (nSPS) is 39.4. The number of carbonyl (C=O) groups is 3. The first-order valence-corrected chi connectivity index (χ1v) is 15.4. The molecule has 0 unspecified atom stereocenters. The molecule has 0 saturated heterocycles. The van der Waals surface area contributed by atoms with E-state index in [0.29, 0.717) is 30.2 Å². The lowest BCUT2D eigenvalue weighted by atomic mass is 9.47. The van der Waals surface area contributed by atoms with E-state index in [0.717, 1.165) is 50.7 Å². The van der Waals surface area contributed by atoms with Crippen LogP contribution in [-0.4, -0.2) is 41.4 Å². The van der Waals surface area contributed by atoms with Crippen LogP contribution in [-0.2, 0) is 23.9 Å². The zero-order valence-electron chi connectivity index (χ0n) is 25.2. The quantitative estimate of drug-likeness (QED) is 0.281. The number of carbonyl (C=O) groups excluding carboxylic acids is 3. The van der Waals surface area contributed by atoms with Gasteiger partial charge in [0.05, 0.1) is 5.76 Å². The Kier molecular flexibility index (Phi) is 7.56. The zero-order valence-corrected chi connectivity index (χ0v) is 25.2. The van der Waals surface area contributed by atoms with Crippen molar-refractivity contribution in [1.29, 1.82) is 0 Å². The first-order valence-electron chi connectivity index (χ1n) is 15.4. The van der Waals surface area contributed by atoms with Gasteiger partial charge in [0.2, 0.25) is 11.8 Å². The minimum atomic E-state index is -0.179. The number of rotatable bonds is 6. The molecule has 6 nitrogen and oxygen atoms in total. The van der Waals surface area contributed by atoms with Crippen molar-refractivity contribution in [1.82, 2.24) is 4.90 Å². The fourth-order valence-electron chi connectivity index (χ4n) is 9.81. The van der Waals surface area contributed by atoms with Gasteiger partial charge in [-0.15, -0.1) is 0 Å². The van der Waals surface area contributed by atoms with E-state index in [1.165, 1.54) is 44.1 Å². The summed E-state index contributed by atoms with van der Waals surface area (Å²) in [5, 5.41) is 0. The van der Waals surface area contributed by atoms with Gasteiger partial charge in [0.25, 0.3) is 0 Å². The van der Waals surface area contributed by atoms with Crippen molar-refractivity contribution in [3.63, 3.8) is 0 Å². The molecular weight excluding hydrogens is 490 g/mol. The van der Waals surface area contributed by atoms with E-state index >= 15 is 0 Å². The molecule has 0 bridgehead atoms. The van der Waals surface area contributed by atoms with Crippen LogP contribution in [0.25, 0.3) is 0 Å². The Morgan fingerprint density at radius 2 is 1.82 bits per heavy atom. The first kappa shape index (κ1) is 28.4. The number of nitrogens with zero attached hydrogens (tertiary/aromatic N) is 1. The van der Waals surface area contributed by atoms with Gasteiger partial charge in [-0.1, -0.05) is 32.4 Å². The number of fused-ring (bicyclic) bond motifs is 7. The van der Waals surface area contributed by atoms with Crippen LogP contribution in [0.15, 0.2) is 23.0 Å². The van der Waals surface area contributed by atoms with Crippen LogP contribution in [0.3, 0.4) is 0 Å². The summed E-state index contributed by atoms with van der Waals surface area (Å²) < 4.78 is 12.4. The topological polar surface area (TPSA) is 72.9 Å². The summed E-state index contributed by atoms with van der Waals surface area (Å²) in [4.78, 5) is 36.6. The van der Waals surface area contributed by atoms with Crippen molar-refractivity contribution >= 4 is 17.8 Å². The molecule has 0 aromatic rings. The summed E-state index contributed by atoms with van der Waals surface area (Å²) in [6.45, 7) is 14.4. The fourth-order valence-corrected chi connectivity index (χ4v) is 9.81. The van der Waals surface area contributed by atoms with E-state index < -0.39 is 0 Å². The van der Waals surface area contributed by atoms with Crippen molar-refractivity contribution in [2.45, 2.75) is 118 Å². The summed E-state index contributed by atoms with van der Waals surface area (Å²) in [6, 6.07) is 0. The third-order valence-electron chi connectivity index (χ3n) is 11.7. The molecular formula is C33H49NO5. The molecule has 39 heavy (non-hydrogen) atoms. The van der Waals surface area contributed by atoms with E-state index in [4.69, 9.17) is 9.47 Å². The largest absolute Gasteiger partial charge is 0.494 e. The summed E-state index contributed by atoms with van der Waals surface area (Å²) in [7, 11) is 0. The van der Waals surface area contributed by atoms with Crippen molar-refractivity contribution in [2.24, 2.45) is 40.4 Å². The molecule has 6 heteroatoms. The predicted octanol–water partition coefficient (Wildman–Crippen LogP) is 6.59. The maximum atomic E-state index is 11.8. The van der Waals surface area contributed by atoms with Gasteiger partial charge in [0.1, 0.15) is 12.2 Å². The molecule has 0 spiro atoms. The Bertz CT molecular complexity index is 1080. The molecule has 0 aromatic carbocycles. The maximum absolute atomic E-state index is 11.8. The molecule has 1 heterocycles. The molecule has 216 valence electrons. The van der Waals surface area contributed by atoms with E-state index in [9.17, 15) is 14.4 Å². The number of esters is 1. The lowest BCUT2D eigenvalue weighted by Crippen LogP contribution is -2.50. The minimum Gasteiger partial charge on any atom is -0.494 e. The van der Waals surface area contributed by atoms with Gasteiger partial charge in [0, 0.05) is 46.1 Å². The Hall–Kier alpha value is -2.11. The second kappa shape index (κ2) is 10.4. The highest BCUT2D eigenvalue weighted by Gasteiger charge is 2.63. The molecule has 3 saturated carbocycles. The Balaban J connectivity index is 1.27. The second-order valence-electron chi connectivity index (χ2n) is 14.0. The lowest BCUT2D eigenvalue weighted by Gasteiger charge is -2.58. The molecule has 4 aliphatic carbocycles. The molecule has 0 radical (unpaired) electrons. The summed E-state index contributed by atoms with van der Waals surface area (Å²) in [6.07, 6.45) is 12.5. The monoisotopic (exact) mass is 539 g/mol. The van der Waals surface area contributed by atoms with Crippen LogP contribution in [0.5, 0.6) is 0 Å². The second-order valence-corrected chi connectivity index (χ2v) is 14.0. The third kappa shape index (κ3) is 4.88. The molecule has 0 aromatic heterocycles. The number of hydrogen-bond donors (Lipinski definition) is 0. The van der Waals surface area contributed by atoms with E-state index in [2.05, 4.69) is 33.8 Å². The highest BCUT2D eigenvalue weighted by molar-refractivity contribution is 5.92. The molecule has 0 N–H and O–H groups in total. The Morgan fingerprint density at radius 3 is 2.49 bits per heavy atom. The third-order valence-corrected chi connectivity index (χ3v) is 11.7. The summed E-state index contributed by atoms with van der Waals surface area (Å²) in [5.74, 6) is 3.48. The summed E-state index contributed by atoms with van der Waals surface area (Å²) >= 11 is 0. The molecule has 9 atom stereocenters. The van der Waals surface area contributed by atoms with Crippen molar-refractivity contribution in [3.05, 3.63) is 23.0 Å². The molecule has 1 aliphatic heterocycles. The van der Waals surface area contributed by atoms with Gasteiger partial charge in [-0.2, -0.15) is 0 Å². The molecule has 5 rings (SSSR count). The number of hydrogen-bond acceptors (Lipinski definition) is 5. The van der Waals surface area contributed by atoms with E-state index in [-0.39, 0.29) is 46.7 Å². The molecule has 5 aliphatic rings. The average Bonchev–Trinajstić information content (AvgIpc) is 3.33. The van der Waals surface area contributed by atoms with Gasteiger partial charge in [-0.05, 0) is 91.9 Å². The molecule has 2 amide bonds. The SMILES string of the molecule is CC(=O)O[C@H]1CC[C@@]2(C)C(=CC[C@H]3[C@H]2CC[C@]2(C)[C@H]3C[C@@H]3OC(CC[C@@H](C)CN(C(C)=O)C(C)=O)=C(C)[C@@H]32)C1. The summed E-state index contributed by atoms with van der Waals surface area (Å²) in [5.41, 5.74) is 3.50. The standard InChI is InChI=1S/C33H49NO5/c1-19(18-34(21(3)35)22(4)36)8-11-29-20(2)31-30(39-29)17-28-26-10-9-24-16-25(38-23(5)37)12-14-32(24,6)27(26)13-15-33(28,31)7/h9,19,25-28,30-31H,8,10-18H2,1-7H3/t19-,25+,26+,27-,28+,30+,31+,32+,33-/m1/s1. The Morgan fingerprint density at radius 1 is 1.10 bits per heavy atom. The predicted molar refractivity (Wildman–Crippen MR) is 150 cm³/mol. The van der Waals surface area contributed by atoms with Crippen molar-refractivity contribution in [3.8, 4) is 0 Å². The lowest BCUT2D eigenvalue weighted by molar-refractivity contribution is -0.149. The van der Waals surface area contributed by atoms with Crippen LogP contribution < -0.4 is 0 Å². The van der Waals surface area contributed by atoms with E-state index in [1.54, 1.807) is 5.57 Å². The zero-order chi connectivity index (χ0) is 28.3. The van der Waals surface area contributed by atoms with Gasteiger partial charge in [0.15, 0.2) is 0 Å². The van der Waals surface area contributed by atoms with Crippen LogP contribution in [0.1, 0.15) is 106 Å². The van der Waals surface area contributed by atoms with Gasteiger partial charge in [-0.3, -0.25) is 19.3 Å². The van der Waals surface area contributed by atoms with Gasteiger partial charge in [-0.25, -0.2) is 0 Å².